The maximum absolute atomic E-state index is 11.0. The van der Waals surface area contributed by atoms with Gasteiger partial charge in [-0.05, 0) is 59.9 Å². The molecule has 0 radical (unpaired) electrons. The topological polar surface area (TPSA) is 63.8 Å². The summed E-state index contributed by atoms with van der Waals surface area (Å²) in [4.78, 5) is 14.1. The molecular formula is C11H12IN3OS. The van der Waals surface area contributed by atoms with E-state index in [0.29, 0.717) is 4.77 Å². The third-order valence-electron chi connectivity index (χ3n) is 2.62. The molecule has 0 aliphatic rings. The van der Waals surface area contributed by atoms with E-state index in [0.717, 1.165) is 14.6 Å². The van der Waals surface area contributed by atoms with Crippen molar-refractivity contribution in [2.45, 2.75) is 19.4 Å². The molecule has 1 aromatic carbocycles. The molecule has 17 heavy (non-hydrogen) atoms. The van der Waals surface area contributed by atoms with E-state index in [-0.39, 0.29) is 18.4 Å². The number of amides is 1. The summed E-state index contributed by atoms with van der Waals surface area (Å²) in [6.07, 6.45) is 0.285. The fourth-order valence-electron chi connectivity index (χ4n) is 1.92. The van der Waals surface area contributed by atoms with Gasteiger partial charge in [-0.15, -0.1) is 0 Å². The van der Waals surface area contributed by atoms with Crippen LogP contribution in [0.1, 0.15) is 19.4 Å². The molecule has 0 saturated heterocycles. The summed E-state index contributed by atoms with van der Waals surface area (Å²) < 4.78 is 3.70. The van der Waals surface area contributed by atoms with E-state index in [1.165, 1.54) is 0 Å². The molecule has 2 rings (SSSR count). The molecule has 1 amide bonds. The highest BCUT2D eigenvalue weighted by Gasteiger charge is 2.13. The van der Waals surface area contributed by atoms with Crippen LogP contribution >= 0.6 is 34.8 Å². The molecule has 4 nitrogen and oxygen atoms in total. The van der Waals surface area contributed by atoms with Gasteiger partial charge in [0.2, 0.25) is 5.91 Å². The number of halogens is 1. The fourth-order valence-corrected chi connectivity index (χ4v) is 2.80. The molecule has 6 heteroatoms. The molecule has 2 aromatic rings. The van der Waals surface area contributed by atoms with E-state index in [9.17, 15) is 4.79 Å². The first-order valence-electron chi connectivity index (χ1n) is 5.17. The van der Waals surface area contributed by atoms with Gasteiger partial charge >= 0.3 is 0 Å². The predicted molar refractivity (Wildman–Crippen MR) is 78.4 cm³/mol. The second-order valence-corrected chi connectivity index (χ2v) is 5.61. The first-order valence-corrected chi connectivity index (χ1v) is 6.66. The van der Waals surface area contributed by atoms with Crippen LogP contribution in [0.2, 0.25) is 0 Å². The molecular weight excluding hydrogens is 349 g/mol. The van der Waals surface area contributed by atoms with Crippen molar-refractivity contribution in [1.29, 1.82) is 0 Å². The summed E-state index contributed by atoms with van der Waals surface area (Å²) in [6, 6.07) is 6.01. The van der Waals surface area contributed by atoms with E-state index >= 15 is 0 Å². The zero-order valence-corrected chi connectivity index (χ0v) is 12.2. The summed E-state index contributed by atoms with van der Waals surface area (Å²) >= 11 is 7.53. The Kier molecular flexibility index (Phi) is 3.53. The number of benzene rings is 1. The summed E-state index contributed by atoms with van der Waals surface area (Å²) in [6.45, 7) is 1.94. The van der Waals surface area contributed by atoms with Crippen molar-refractivity contribution in [2.24, 2.45) is 5.73 Å². The van der Waals surface area contributed by atoms with Gasteiger partial charge in [0.1, 0.15) is 0 Å². The van der Waals surface area contributed by atoms with Crippen molar-refractivity contribution < 1.29 is 4.79 Å². The molecule has 0 fully saturated rings. The zero-order valence-electron chi connectivity index (χ0n) is 9.24. The Morgan fingerprint density at radius 3 is 3.00 bits per heavy atom. The van der Waals surface area contributed by atoms with Crippen LogP contribution in [0.15, 0.2) is 18.2 Å². The largest absolute Gasteiger partial charge is 0.370 e. The summed E-state index contributed by atoms with van der Waals surface area (Å²) in [5, 5.41) is 0. The molecule has 1 aromatic heterocycles. The Hall–Kier alpha value is -0.890. The number of carbonyl (C=O) groups excluding carboxylic acids is 1. The van der Waals surface area contributed by atoms with Crippen molar-refractivity contribution in [2.75, 3.05) is 0 Å². The Labute approximate surface area is 117 Å². The number of H-pyrrole nitrogens is 1. The van der Waals surface area contributed by atoms with Gasteiger partial charge in [0.25, 0.3) is 0 Å². The third kappa shape index (κ3) is 2.52. The highest BCUT2D eigenvalue weighted by atomic mass is 127. The number of hydrogen-bond acceptors (Lipinski definition) is 2. The molecule has 0 aliphatic heterocycles. The standard InChI is InChI=1S/C11H12IN3OS/c1-6(4-10(13)16)15-9-3-2-7(12)5-8(9)14-11(15)17/h2-3,5-6H,4H2,1H3,(H2,13,16)(H,14,17). The second-order valence-electron chi connectivity index (χ2n) is 3.98. The SMILES string of the molecule is CC(CC(N)=O)n1c(=S)[nH]c2cc(I)ccc21. The van der Waals surface area contributed by atoms with Gasteiger partial charge in [-0.3, -0.25) is 4.79 Å². The van der Waals surface area contributed by atoms with Gasteiger partial charge < -0.3 is 15.3 Å². The lowest BCUT2D eigenvalue weighted by Crippen LogP contribution is -2.17. The van der Waals surface area contributed by atoms with Crippen molar-refractivity contribution in [3.63, 3.8) is 0 Å². The van der Waals surface area contributed by atoms with Crippen LogP contribution in [0.25, 0.3) is 11.0 Å². The molecule has 90 valence electrons. The quantitative estimate of drug-likeness (QED) is 0.652. The van der Waals surface area contributed by atoms with Crippen molar-refractivity contribution >= 4 is 51.7 Å². The third-order valence-corrected chi connectivity index (χ3v) is 3.59. The molecule has 0 saturated carbocycles. The number of primary amides is 1. The molecule has 1 atom stereocenters. The number of fused-ring (bicyclic) bond motifs is 1. The number of nitrogens with two attached hydrogens (primary N) is 1. The average Bonchev–Trinajstić information content (AvgIpc) is 2.51. The van der Waals surface area contributed by atoms with E-state index in [1.807, 2.05) is 29.7 Å². The van der Waals surface area contributed by atoms with Gasteiger partial charge in [0.15, 0.2) is 4.77 Å². The van der Waals surface area contributed by atoms with E-state index in [1.54, 1.807) is 0 Å². The minimum atomic E-state index is -0.320. The van der Waals surface area contributed by atoms with Crippen LogP contribution in [-0.2, 0) is 4.79 Å². The number of nitrogens with zero attached hydrogens (tertiary/aromatic N) is 1. The van der Waals surface area contributed by atoms with Gasteiger partial charge in [-0.25, -0.2) is 0 Å². The molecule has 0 aliphatic carbocycles. The van der Waals surface area contributed by atoms with Crippen LogP contribution in [0.4, 0.5) is 0 Å². The maximum Gasteiger partial charge on any atom is 0.219 e. The molecule has 3 N–H and O–H groups in total. The molecule has 0 spiro atoms. The van der Waals surface area contributed by atoms with Gasteiger partial charge in [-0.1, -0.05) is 0 Å². The predicted octanol–water partition coefficient (Wildman–Crippen LogP) is 2.74. The maximum atomic E-state index is 11.0. The van der Waals surface area contributed by atoms with Crippen LogP contribution in [-0.4, -0.2) is 15.5 Å². The van der Waals surface area contributed by atoms with Crippen molar-refractivity contribution in [1.82, 2.24) is 9.55 Å². The fraction of sp³-hybridized carbons (Fsp3) is 0.273. The number of aromatic amines is 1. The monoisotopic (exact) mass is 361 g/mol. The highest BCUT2D eigenvalue weighted by Crippen LogP contribution is 2.22. The minimum absolute atomic E-state index is 0.0335. The average molecular weight is 361 g/mol. The Bertz CT molecular complexity index is 631. The van der Waals surface area contributed by atoms with E-state index in [4.69, 9.17) is 18.0 Å². The highest BCUT2D eigenvalue weighted by molar-refractivity contribution is 14.1. The van der Waals surface area contributed by atoms with E-state index < -0.39 is 0 Å². The molecule has 1 unspecified atom stereocenters. The summed E-state index contributed by atoms with van der Waals surface area (Å²) in [5.74, 6) is -0.320. The van der Waals surface area contributed by atoms with Gasteiger partial charge in [0, 0.05) is 16.0 Å². The summed E-state index contributed by atoms with van der Waals surface area (Å²) in [5.41, 5.74) is 7.21. The second kappa shape index (κ2) is 4.77. The zero-order chi connectivity index (χ0) is 12.6. The van der Waals surface area contributed by atoms with Crippen LogP contribution < -0.4 is 5.73 Å². The lowest BCUT2D eigenvalue weighted by molar-refractivity contribution is -0.118. The Morgan fingerprint density at radius 1 is 1.65 bits per heavy atom. The molecule has 1 heterocycles. The number of aromatic nitrogens is 2. The first-order chi connectivity index (χ1) is 7.99. The number of rotatable bonds is 3. The van der Waals surface area contributed by atoms with Gasteiger partial charge in [-0.2, -0.15) is 0 Å². The number of hydrogen-bond donors (Lipinski definition) is 2. The number of nitrogens with one attached hydrogen (secondary N) is 1. The van der Waals surface area contributed by atoms with Crippen LogP contribution in [0, 0.1) is 8.34 Å². The van der Waals surface area contributed by atoms with Crippen LogP contribution in [0.3, 0.4) is 0 Å². The number of imidazole rings is 1. The number of carbonyl (C=O) groups is 1. The smallest absolute Gasteiger partial charge is 0.219 e. The Balaban J connectivity index is 2.57. The summed E-state index contributed by atoms with van der Waals surface area (Å²) in [7, 11) is 0. The Morgan fingerprint density at radius 2 is 2.35 bits per heavy atom. The van der Waals surface area contributed by atoms with Gasteiger partial charge in [0.05, 0.1) is 11.0 Å². The first kappa shape index (κ1) is 12.6. The van der Waals surface area contributed by atoms with Crippen molar-refractivity contribution in [3.8, 4) is 0 Å². The lowest BCUT2D eigenvalue weighted by atomic mass is 10.2. The minimum Gasteiger partial charge on any atom is -0.370 e. The van der Waals surface area contributed by atoms with E-state index in [2.05, 4.69) is 27.6 Å². The van der Waals surface area contributed by atoms with Crippen LogP contribution in [0.5, 0.6) is 0 Å². The lowest BCUT2D eigenvalue weighted by Gasteiger charge is -2.12. The molecule has 0 bridgehead atoms. The van der Waals surface area contributed by atoms with Crippen molar-refractivity contribution in [3.05, 3.63) is 26.5 Å². The normalized spacial score (nSPS) is 12.8.